The van der Waals surface area contributed by atoms with E-state index >= 15 is 0 Å². The Morgan fingerprint density at radius 3 is 3.00 bits per heavy atom. The molecular formula is C9H11ClN2O2S. The van der Waals surface area contributed by atoms with Crippen molar-refractivity contribution in [2.24, 2.45) is 0 Å². The van der Waals surface area contributed by atoms with Crippen molar-refractivity contribution in [1.29, 1.82) is 0 Å². The first-order chi connectivity index (χ1) is 7.18. The SMILES string of the molecule is O=C(N[C@@H]1CNC[C@H]1O)c1sccc1Cl. The Labute approximate surface area is 96.2 Å². The summed E-state index contributed by atoms with van der Waals surface area (Å²) < 4.78 is 0. The number of halogens is 1. The number of hydrogen-bond donors (Lipinski definition) is 3. The zero-order chi connectivity index (χ0) is 10.8. The third-order valence-corrected chi connectivity index (χ3v) is 3.66. The molecule has 1 fully saturated rings. The van der Waals surface area contributed by atoms with Crippen LogP contribution >= 0.6 is 22.9 Å². The molecule has 0 bridgehead atoms. The van der Waals surface area contributed by atoms with E-state index in [9.17, 15) is 9.90 Å². The molecular weight excluding hydrogens is 236 g/mol. The second kappa shape index (κ2) is 4.49. The molecule has 0 unspecified atom stereocenters. The zero-order valence-corrected chi connectivity index (χ0v) is 9.44. The summed E-state index contributed by atoms with van der Waals surface area (Å²) in [4.78, 5) is 12.2. The summed E-state index contributed by atoms with van der Waals surface area (Å²) in [5, 5.41) is 17.5. The first-order valence-corrected chi connectivity index (χ1v) is 5.87. The van der Waals surface area contributed by atoms with Crippen LogP contribution < -0.4 is 10.6 Å². The lowest BCUT2D eigenvalue weighted by atomic mass is 10.2. The van der Waals surface area contributed by atoms with Crippen molar-refractivity contribution in [2.45, 2.75) is 12.1 Å². The maximum absolute atomic E-state index is 11.7. The van der Waals surface area contributed by atoms with E-state index in [2.05, 4.69) is 10.6 Å². The quantitative estimate of drug-likeness (QED) is 0.711. The molecule has 15 heavy (non-hydrogen) atoms. The third-order valence-electron chi connectivity index (χ3n) is 2.32. The van der Waals surface area contributed by atoms with Gasteiger partial charge in [0.05, 0.1) is 17.2 Å². The standard InChI is InChI=1S/C9H11ClN2O2S/c10-5-1-2-15-8(5)9(14)12-6-3-11-4-7(6)13/h1-2,6-7,11,13H,3-4H2,(H,12,14)/t6-,7-/m1/s1. The van der Waals surface area contributed by atoms with Gasteiger partial charge in [0, 0.05) is 13.1 Å². The van der Waals surface area contributed by atoms with Gasteiger partial charge in [0.15, 0.2) is 0 Å². The summed E-state index contributed by atoms with van der Waals surface area (Å²) in [7, 11) is 0. The fourth-order valence-corrected chi connectivity index (χ4v) is 2.55. The fourth-order valence-electron chi connectivity index (χ4n) is 1.50. The molecule has 1 aromatic rings. The van der Waals surface area contributed by atoms with Crippen molar-refractivity contribution in [3.63, 3.8) is 0 Å². The van der Waals surface area contributed by atoms with Crippen LogP contribution in [0.25, 0.3) is 0 Å². The predicted molar refractivity (Wildman–Crippen MR) is 59.5 cm³/mol. The maximum Gasteiger partial charge on any atom is 0.263 e. The van der Waals surface area contributed by atoms with Crippen molar-refractivity contribution in [3.8, 4) is 0 Å². The van der Waals surface area contributed by atoms with Gasteiger partial charge in [0.2, 0.25) is 0 Å². The number of nitrogens with one attached hydrogen (secondary N) is 2. The predicted octanol–water partition coefficient (Wildman–Crippen LogP) is 0.464. The number of aliphatic hydroxyl groups excluding tert-OH is 1. The van der Waals surface area contributed by atoms with Gasteiger partial charge in [-0.3, -0.25) is 4.79 Å². The molecule has 0 radical (unpaired) electrons. The monoisotopic (exact) mass is 246 g/mol. The summed E-state index contributed by atoms with van der Waals surface area (Å²) >= 11 is 7.12. The maximum atomic E-state index is 11.7. The van der Waals surface area contributed by atoms with Gasteiger partial charge in [0.25, 0.3) is 5.91 Å². The number of thiophene rings is 1. The van der Waals surface area contributed by atoms with Crippen molar-refractivity contribution in [1.82, 2.24) is 10.6 Å². The van der Waals surface area contributed by atoms with E-state index in [0.717, 1.165) is 0 Å². The largest absolute Gasteiger partial charge is 0.390 e. The van der Waals surface area contributed by atoms with E-state index in [1.165, 1.54) is 11.3 Å². The van der Waals surface area contributed by atoms with Gasteiger partial charge in [-0.15, -0.1) is 11.3 Å². The number of aliphatic hydroxyl groups is 1. The highest BCUT2D eigenvalue weighted by Gasteiger charge is 2.27. The van der Waals surface area contributed by atoms with Gasteiger partial charge in [-0.25, -0.2) is 0 Å². The molecule has 4 nitrogen and oxygen atoms in total. The normalized spacial score (nSPS) is 25.5. The van der Waals surface area contributed by atoms with Crippen LogP contribution in [-0.2, 0) is 0 Å². The van der Waals surface area contributed by atoms with E-state index < -0.39 is 6.10 Å². The Balaban J connectivity index is 2.01. The molecule has 6 heteroatoms. The van der Waals surface area contributed by atoms with Crippen LogP contribution in [-0.4, -0.2) is 36.2 Å². The van der Waals surface area contributed by atoms with Crippen molar-refractivity contribution >= 4 is 28.8 Å². The van der Waals surface area contributed by atoms with Crippen molar-refractivity contribution < 1.29 is 9.90 Å². The number of hydrogen-bond acceptors (Lipinski definition) is 4. The molecule has 2 rings (SSSR count). The molecule has 0 spiro atoms. The summed E-state index contributed by atoms with van der Waals surface area (Å²) in [6.45, 7) is 1.11. The first-order valence-electron chi connectivity index (χ1n) is 4.61. The molecule has 1 aliphatic heterocycles. The van der Waals surface area contributed by atoms with Gasteiger partial charge in [-0.05, 0) is 11.4 Å². The molecule has 1 saturated heterocycles. The highest BCUT2D eigenvalue weighted by molar-refractivity contribution is 7.12. The topological polar surface area (TPSA) is 61.4 Å². The minimum absolute atomic E-state index is 0.220. The number of amides is 1. The van der Waals surface area contributed by atoms with Crippen molar-refractivity contribution in [3.05, 3.63) is 21.3 Å². The van der Waals surface area contributed by atoms with Gasteiger partial charge < -0.3 is 15.7 Å². The Kier molecular flexibility index (Phi) is 3.25. The van der Waals surface area contributed by atoms with Gasteiger partial charge >= 0.3 is 0 Å². The van der Waals surface area contributed by atoms with Crippen LogP contribution in [0.1, 0.15) is 9.67 Å². The molecule has 0 aliphatic carbocycles. The number of β-amino-alcohol motifs (C(OH)–C–C–N with tert-alkyl or cyclic N) is 1. The lowest BCUT2D eigenvalue weighted by molar-refractivity contribution is 0.0893. The van der Waals surface area contributed by atoms with Crippen LogP contribution in [0.4, 0.5) is 0 Å². The molecule has 0 aromatic carbocycles. The molecule has 2 atom stereocenters. The Hall–Kier alpha value is -0.620. The minimum Gasteiger partial charge on any atom is -0.390 e. The van der Waals surface area contributed by atoms with Gasteiger partial charge in [-0.2, -0.15) is 0 Å². The third kappa shape index (κ3) is 2.31. The summed E-state index contributed by atoms with van der Waals surface area (Å²) in [5.74, 6) is -0.220. The van der Waals surface area contributed by atoms with Crippen LogP contribution in [0.5, 0.6) is 0 Å². The minimum atomic E-state index is -0.521. The molecule has 1 aliphatic rings. The van der Waals surface area contributed by atoms with E-state index in [-0.39, 0.29) is 11.9 Å². The molecule has 3 N–H and O–H groups in total. The number of carbonyl (C=O) groups excluding carboxylic acids is 1. The lowest BCUT2D eigenvalue weighted by Crippen LogP contribution is -2.42. The Morgan fingerprint density at radius 2 is 2.47 bits per heavy atom. The molecule has 1 aromatic heterocycles. The summed E-state index contributed by atoms with van der Waals surface area (Å²) in [6.07, 6.45) is -0.521. The highest BCUT2D eigenvalue weighted by Crippen LogP contribution is 2.21. The van der Waals surface area contributed by atoms with E-state index in [1.54, 1.807) is 11.4 Å². The number of rotatable bonds is 2. The lowest BCUT2D eigenvalue weighted by Gasteiger charge is -2.14. The van der Waals surface area contributed by atoms with Crippen LogP contribution in [0.3, 0.4) is 0 Å². The van der Waals surface area contributed by atoms with E-state index in [0.29, 0.717) is 23.0 Å². The Bertz CT molecular complexity index is 369. The smallest absolute Gasteiger partial charge is 0.263 e. The molecule has 82 valence electrons. The van der Waals surface area contributed by atoms with Gasteiger partial charge in [-0.1, -0.05) is 11.6 Å². The Morgan fingerprint density at radius 1 is 1.67 bits per heavy atom. The van der Waals surface area contributed by atoms with Crippen LogP contribution in [0.15, 0.2) is 11.4 Å². The van der Waals surface area contributed by atoms with E-state index in [1.807, 2.05) is 0 Å². The van der Waals surface area contributed by atoms with Crippen LogP contribution in [0, 0.1) is 0 Å². The van der Waals surface area contributed by atoms with E-state index in [4.69, 9.17) is 11.6 Å². The van der Waals surface area contributed by atoms with Crippen LogP contribution in [0.2, 0.25) is 5.02 Å². The molecule has 2 heterocycles. The first kappa shape index (κ1) is 10.9. The zero-order valence-electron chi connectivity index (χ0n) is 7.87. The highest BCUT2D eigenvalue weighted by atomic mass is 35.5. The van der Waals surface area contributed by atoms with Crippen molar-refractivity contribution in [2.75, 3.05) is 13.1 Å². The average molecular weight is 247 g/mol. The molecule has 1 amide bonds. The van der Waals surface area contributed by atoms with Gasteiger partial charge in [0.1, 0.15) is 4.88 Å². The number of carbonyl (C=O) groups is 1. The second-order valence-corrected chi connectivity index (χ2v) is 4.73. The average Bonchev–Trinajstić information content (AvgIpc) is 2.76. The second-order valence-electron chi connectivity index (χ2n) is 3.40. The fraction of sp³-hybridized carbons (Fsp3) is 0.444. The molecule has 0 saturated carbocycles. The summed E-state index contributed by atoms with van der Waals surface area (Å²) in [6, 6.07) is 1.46. The summed E-state index contributed by atoms with van der Waals surface area (Å²) in [5.41, 5.74) is 0.